The van der Waals surface area contributed by atoms with Gasteiger partial charge in [-0.2, -0.15) is 0 Å². The van der Waals surface area contributed by atoms with Gasteiger partial charge in [0.1, 0.15) is 5.69 Å². The molecule has 0 N–H and O–H groups in total. The molecule has 0 radical (unpaired) electrons. The summed E-state index contributed by atoms with van der Waals surface area (Å²) in [5.74, 6) is 0.679. The highest BCUT2D eigenvalue weighted by atomic mass is 35.5. The molecule has 2 aromatic rings. The summed E-state index contributed by atoms with van der Waals surface area (Å²) in [6, 6.07) is 0. The van der Waals surface area contributed by atoms with Gasteiger partial charge >= 0.3 is 0 Å². The summed E-state index contributed by atoms with van der Waals surface area (Å²) >= 11 is 6.02. The van der Waals surface area contributed by atoms with E-state index in [1.165, 1.54) is 0 Å². The fourth-order valence-electron chi connectivity index (χ4n) is 1.56. The maximum Gasteiger partial charge on any atom is 0.178 e. The van der Waals surface area contributed by atoms with Crippen molar-refractivity contribution in [2.24, 2.45) is 7.05 Å². The molecule has 1 atom stereocenters. The summed E-state index contributed by atoms with van der Waals surface area (Å²) in [7, 11) is 1.92. The molecule has 0 bridgehead atoms. The summed E-state index contributed by atoms with van der Waals surface area (Å²) in [6.07, 6.45) is 5.26. The summed E-state index contributed by atoms with van der Waals surface area (Å²) in [5.41, 5.74) is 2.78. The summed E-state index contributed by atoms with van der Waals surface area (Å²) < 4.78 is 1.89. The van der Waals surface area contributed by atoms with Crippen molar-refractivity contribution in [3.8, 4) is 11.5 Å². The van der Waals surface area contributed by atoms with Gasteiger partial charge in [0.25, 0.3) is 0 Å². The fraction of sp³-hybridized carbons (Fsp3) is 0.364. The molecule has 2 aromatic heterocycles. The molecule has 0 amide bonds. The Morgan fingerprint density at radius 3 is 2.62 bits per heavy atom. The van der Waals surface area contributed by atoms with Crippen LogP contribution < -0.4 is 0 Å². The zero-order valence-corrected chi connectivity index (χ0v) is 10.2. The van der Waals surface area contributed by atoms with Crippen LogP contribution in [0.2, 0.25) is 0 Å². The second-order valence-electron chi connectivity index (χ2n) is 3.74. The van der Waals surface area contributed by atoms with Crippen molar-refractivity contribution in [3.05, 3.63) is 30.0 Å². The molecular formula is C11H13ClN4. The van der Waals surface area contributed by atoms with Gasteiger partial charge in [0.15, 0.2) is 5.82 Å². The summed E-state index contributed by atoms with van der Waals surface area (Å²) in [5, 5.41) is -0.0689. The number of rotatable bonds is 2. The van der Waals surface area contributed by atoms with Crippen molar-refractivity contribution in [2.75, 3.05) is 0 Å². The molecule has 5 heteroatoms. The largest absolute Gasteiger partial charge is 0.331 e. The number of hydrogen-bond donors (Lipinski definition) is 0. The van der Waals surface area contributed by atoms with Crippen molar-refractivity contribution >= 4 is 11.6 Å². The van der Waals surface area contributed by atoms with Crippen LogP contribution in [0.5, 0.6) is 0 Å². The fourth-order valence-corrected chi connectivity index (χ4v) is 1.78. The molecule has 0 aliphatic carbocycles. The zero-order chi connectivity index (χ0) is 11.7. The first-order chi connectivity index (χ1) is 7.59. The first-order valence-electron chi connectivity index (χ1n) is 5.04. The molecule has 0 aliphatic heterocycles. The Bertz CT molecular complexity index is 504. The van der Waals surface area contributed by atoms with Crippen molar-refractivity contribution in [1.82, 2.24) is 19.5 Å². The zero-order valence-electron chi connectivity index (χ0n) is 9.48. The number of aryl methyl sites for hydroxylation is 2. The second kappa shape index (κ2) is 4.22. The van der Waals surface area contributed by atoms with E-state index in [4.69, 9.17) is 11.6 Å². The van der Waals surface area contributed by atoms with Crippen LogP contribution >= 0.6 is 11.6 Å². The van der Waals surface area contributed by atoms with E-state index in [-0.39, 0.29) is 5.38 Å². The Morgan fingerprint density at radius 2 is 2.12 bits per heavy atom. The first kappa shape index (κ1) is 11.1. The number of nitrogens with zero attached hydrogens (tertiary/aromatic N) is 4. The Labute approximate surface area is 99.3 Å². The van der Waals surface area contributed by atoms with Gasteiger partial charge in [0.2, 0.25) is 0 Å². The average Bonchev–Trinajstić information content (AvgIpc) is 2.63. The molecule has 0 spiro atoms. The van der Waals surface area contributed by atoms with E-state index >= 15 is 0 Å². The maximum absolute atomic E-state index is 6.02. The molecule has 0 saturated carbocycles. The lowest BCUT2D eigenvalue weighted by atomic mass is 10.2. The number of halogens is 1. The van der Waals surface area contributed by atoms with Crippen molar-refractivity contribution in [2.45, 2.75) is 19.2 Å². The Balaban J connectivity index is 2.46. The Morgan fingerprint density at radius 1 is 1.38 bits per heavy atom. The van der Waals surface area contributed by atoms with Crippen LogP contribution in [0.4, 0.5) is 0 Å². The summed E-state index contributed by atoms with van der Waals surface area (Å²) in [4.78, 5) is 12.8. The van der Waals surface area contributed by atoms with E-state index in [0.717, 1.165) is 17.0 Å². The number of aromatic nitrogens is 4. The van der Waals surface area contributed by atoms with Crippen molar-refractivity contribution in [3.63, 3.8) is 0 Å². The third kappa shape index (κ3) is 1.93. The van der Waals surface area contributed by atoms with Gasteiger partial charge < -0.3 is 4.57 Å². The van der Waals surface area contributed by atoms with Crippen LogP contribution in [0.25, 0.3) is 11.5 Å². The van der Waals surface area contributed by atoms with E-state index in [0.29, 0.717) is 5.82 Å². The Kier molecular flexibility index (Phi) is 2.92. The molecule has 1 unspecified atom stereocenters. The summed E-state index contributed by atoms with van der Waals surface area (Å²) in [6.45, 7) is 3.85. The van der Waals surface area contributed by atoms with E-state index in [1.54, 1.807) is 18.7 Å². The molecular weight excluding hydrogens is 224 g/mol. The molecule has 4 nitrogen and oxygen atoms in total. The van der Waals surface area contributed by atoms with Crippen molar-refractivity contribution < 1.29 is 0 Å². The van der Waals surface area contributed by atoms with Crippen LogP contribution in [0.15, 0.2) is 18.7 Å². The van der Waals surface area contributed by atoms with Gasteiger partial charge in [-0.3, -0.25) is 0 Å². The predicted octanol–water partition coefficient (Wildman–Crippen LogP) is 2.49. The van der Waals surface area contributed by atoms with E-state index in [1.807, 2.05) is 25.5 Å². The standard InChI is InChI=1S/C11H13ClN4/c1-7(12)9-4-14-11(15-8(9)2)10-5-13-6-16(10)3/h4-7H,1-3H3. The number of alkyl halides is 1. The van der Waals surface area contributed by atoms with E-state index < -0.39 is 0 Å². The maximum atomic E-state index is 6.02. The lowest BCUT2D eigenvalue weighted by molar-refractivity contribution is 0.897. The highest BCUT2D eigenvalue weighted by Gasteiger charge is 2.11. The number of hydrogen-bond acceptors (Lipinski definition) is 3. The smallest absolute Gasteiger partial charge is 0.178 e. The molecule has 2 rings (SSSR count). The normalized spacial score (nSPS) is 12.8. The van der Waals surface area contributed by atoms with Crippen LogP contribution in [-0.4, -0.2) is 19.5 Å². The molecule has 0 fully saturated rings. The molecule has 0 aromatic carbocycles. The van der Waals surface area contributed by atoms with Gasteiger partial charge in [-0.1, -0.05) is 0 Å². The highest BCUT2D eigenvalue weighted by Crippen LogP contribution is 2.23. The van der Waals surface area contributed by atoms with Gasteiger partial charge in [-0.25, -0.2) is 15.0 Å². The third-order valence-electron chi connectivity index (χ3n) is 2.49. The minimum atomic E-state index is -0.0689. The monoisotopic (exact) mass is 236 g/mol. The second-order valence-corrected chi connectivity index (χ2v) is 4.39. The lowest BCUT2D eigenvalue weighted by Gasteiger charge is -2.08. The van der Waals surface area contributed by atoms with Crippen LogP contribution in [-0.2, 0) is 7.05 Å². The lowest BCUT2D eigenvalue weighted by Crippen LogP contribution is -2.00. The number of imidazole rings is 1. The molecule has 2 heterocycles. The average molecular weight is 237 g/mol. The van der Waals surface area contributed by atoms with Gasteiger partial charge in [-0.05, 0) is 13.8 Å². The first-order valence-corrected chi connectivity index (χ1v) is 5.47. The van der Waals surface area contributed by atoms with E-state index in [2.05, 4.69) is 15.0 Å². The van der Waals surface area contributed by atoms with Gasteiger partial charge in [0.05, 0.1) is 17.9 Å². The van der Waals surface area contributed by atoms with Gasteiger partial charge in [0, 0.05) is 24.5 Å². The molecule has 84 valence electrons. The Hall–Kier alpha value is -1.42. The minimum Gasteiger partial charge on any atom is -0.331 e. The predicted molar refractivity (Wildman–Crippen MR) is 63.2 cm³/mol. The quantitative estimate of drug-likeness (QED) is 0.753. The molecule has 0 saturated heterocycles. The molecule has 16 heavy (non-hydrogen) atoms. The molecule has 0 aliphatic rings. The van der Waals surface area contributed by atoms with E-state index in [9.17, 15) is 0 Å². The van der Waals surface area contributed by atoms with Gasteiger partial charge in [-0.15, -0.1) is 11.6 Å². The van der Waals surface area contributed by atoms with Crippen LogP contribution in [0.3, 0.4) is 0 Å². The van der Waals surface area contributed by atoms with Crippen molar-refractivity contribution in [1.29, 1.82) is 0 Å². The van der Waals surface area contributed by atoms with Crippen LogP contribution in [0, 0.1) is 6.92 Å². The van der Waals surface area contributed by atoms with Crippen LogP contribution in [0.1, 0.15) is 23.6 Å². The topological polar surface area (TPSA) is 43.6 Å². The highest BCUT2D eigenvalue weighted by molar-refractivity contribution is 6.20. The SMILES string of the molecule is Cc1nc(-c2cncn2C)ncc1C(C)Cl. The minimum absolute atomic E-state index is 0.0689. The third-order valence-corrected chi connectivity index (χ3v) is 2.73.